The zero-order chi connectivity index (χ0) is 19.8. The number of amides is 1. The number of nitrogens with zero attached hydrogens (tertiary/aromatic N) is 3. The number of piperidine rings is 1. The van der Waals surface area contributed by atoms with Crippen LogP contribution in [0.1, 0.15) is 23.3 Å². The molecule has 7 nitrogen and oxygen atoms in total. The Morgan fingerprint density at radius 2 is 2.14 bits per heavy atom. The van der Waals surface area contributed by atoms with Gasteiger partial charge in [-0.25, -0.2) is 4.98 Å². The van der Waals surface area contributed by atoms with Gasteiger partial charge in [0.25, 0.3) is 0 Å². The Morgan fingerprint density at radius 3 is 2.82 bits per heavy atom. The molecule has 1 amide bonds. The highest BCUT2D eigenvalue weighted by molar-refractivity contribution is 7.09. The zero-order valence-corrected chi connectivity index (χ0v) is 17.0. The minimum atomic E-state index is -0.194. The number of nitrogens with two attached hydrogens (primary N) is 1. The van der Waals surface area contributed by atoms with E-state index in [9.17, 15) is 4.79 Å². The highest BCUT2D eigenvalue weighted by Gasteiger charge is 2.24. The molecule has 0 saturated carbocycles. The van der Waals surface area contributed by atoms with Gasteiger partial charge in [0, 0.05) is 55.8 Å². The molecule has 28 heavy (non-hydrogen) atoms. The fraction of sp³-hybridized carbons (Fsp3) is 0.450. The Bertz CT molecular complexity index is 784. The van der Waals surface area contributed by atoms with Crippen molar-refractivity contribution in [3.8, 4) is 0 Å². The van der Waals surface area contributed by atoms with Gasteiger partial charge < -0.3 is 21.3 Å². The predicted molar refractivity (Wildman–Crippen MR) is 115 cm³/mol. The van der Waals surface area contributed by atoms with Gasteiger partial charge in [-0.2, -0.15) is 0 Å². The van der Waals surface area contributed by atoms with Gasteiger partial charge in [0.05, 0.1) is 0 Å². The number of carbonyl (C=O) groups is 1. The second-order valence-corrected chi connectivity index (χ2v) is 7.86. The van der Waals surface area contributed by atoms with Crippen molar-refractivity contribution in [3.05, 3.63) is 46.3 Å². The maximum atomic E-state index is 11.4. The molecule has 2 aromatic heterocycles. The number of carbonyl (C=O) groups excluding carboxylic acids is 1. The van der Waals surface area contributed by atoms with Crippen LogP contribution < -0.4 is 21.3 Å². The van der Waals surface area contributed by atoms with Gasteiger partial charge in [-0.3, -0.25) is 9.79 Å². The van der Waals surface area contributed by atoms with E-state index in [1.54, 1.807) is 18.4 Å². The van der Waals surface area contributed by atoms with E-state index >= 15 is 0 Å². The number of hydrogen-bond acceptors (Lipinski definition) is 5. The molecular weight excluding hydrogens is 372 g/mol. The summed E-state index contributed by atoms with van der Waals surface area (Å²) in [6.45, 7) is 3.06. The lowest BCUT2D eigenvalue weighted by Gasteiger charge is -2.32. The monoisotopic (exact) mass is 400 g/mol. The van der Waals surface area contributed by atoms with Crippen molar-refractivity contribution in [1.29, 1.82) is 0 Å². The van der Waals surface area contributed by atoms with E-state index in [1.165, 1.54) is 4.88 Å². The number of aliphatic imine (C=N–C) groups is 1. The van der Waals surface area contributed by atoms with Crippen LogP contribution in [-0.2, 0) is 17.8 Å². The molecular formula is C20H28N6OS. The van der Waals surface area contributed by atoms with Crippen LogP contribution in [0, 0.1) is 5.92 Å². The maximum Gasteiger partial charge on any atom is 0.220 e. The number of aromatic nitrogens is 1. The number of guanidine groups is 1. The number of primary amides is 1. The minimum Gasteiger partial charge on any atom is -0.369 e. The molecule has 8 heteroatoms. The molecule has 1 saturated heterocycles. The molecule has 3 rings (SSSR count). The van der Waals surface area contributed by atoms with Crippen molar-refractivity contribution in [3.63, 3.8) is 0 Å². The first kappa shape index (κ1) is 20.1. The van der Waals surface area contributed by atoms with E-state index in [4.69, 9.17) is 5.73 Å². The third-order valence-electron chi connectivity index (χ3n) is 4.98. The first-order valence-electron chi connectivity index (χ1n) is 9.62. The van der Waals surface area contributed by atoms with Gasteiger partial charge in [-0.15, -0.1) is 11.3 Å². The van der Waals surface area contributed by atoms with Gasteiger partial charge >= 0.3 is 0 Å². The zero-order valence-electron chi connectivity index (χ0n) is 16.2. The summed E-state index contributed by atoms with van der Waals surface area (Å²) in [5.41, 5.74) is 6.56. The summed E-state index contributed by atoms with van der Waals surface area (Å²) in [7, 11) is 1.78. The number of anilines is 1. The summed E-state index contributed by atoms with van der Waals surface area (Å²) in [5.74, 6) is 1.53. The van der Waals surface area contributed by atoms with Gasteiger partial charge in [0.15, 0.2) is 5.96 Å². The molecule has 1 aliphatic rings. The van der Waals surface area contributed by atoms with Crippen LogP contribution in [0.25, 0.3) is 0 Å². The summed E-state index contributed by atoms with van der Waals surface area (Å²) in [5, 5.41) is 8.83. The topological polar surface area (TPSA) is 95.6 Å². The van der Waals surface area contributed by atoms with Gasteiger partial charge in [-0.1, -0.05) is 12.1 Å². The van der Waals surface area contributed by atoms with Gasteiger partial charge in [-0.05, 0) is 36.8 Å². The van der Waals surface area contributed by atoms with E-state index in [0.717, 1.165) is 56.2 Å². The van der Waals surface area contributed by atoms with Crippen LogP contribution >= 0.6 is 11.3 Å². The highest BCUT2D eigenvalue weighted by atomic mass is 32.1. The number of pyridine rings is 1. The van der Waals surface area contributed by atoms with Crippen LogP contribution in [0.4, 0.5) is 5.82 Å². The van der Waals surface area contributed by atoms with E-state index < -0.39 is 0 Å². The quantitative estimate of drug-likeness (QED) is 0.486. The lowest BCUT2D eigenvalue weighted by molar-refractivity contribution is -0.122. The molecule has 4 N–H and O–H groups in total. The Balaban J connectivity index is 1.53. The Hall–Kier alpha value is -2.61. The second kappa shape index (κ2) is 10.1. The molecule has 0 radical (unpaired) electrons. The fourth-order valence-electron chi connectivity index (χ4n) is 3.39. The molecule has 0 bridgehead atoms. The average Bonchev–Trinajstić information content (AvgIpc) is 3.24. The third kappa shape index (κ3) is 5.45. The minimum absolute atomic E-state index is 0.0205. The number of rotatable bonds is 7. The maximum absolute atomic E-state index is 11.4. The summed E-state index contributed by atoms with van der Waals surface area (Å²) in [4.78, 5) is 23.9. The molecule has 0 unspecified atom stereocenters. The van der Waals surface area contributed by atoms with Crippen molar-refractivity contribution in [2.24, 2.45) is 16.6 Å². The van der Waals surface area contributed by atoms with Gasteiger partial charge in [0.2, 0.25) is 5.91 Å². The standard InChI is InChI=1S/C20H28N6OS/c1-22-20(24-10-6-17-5-3-13-28-17)25-14-16-4-2-9-23-19(16)26-11-7-15(8-12-26)18(21)27/h2-5,9,13,15H,6-8,10-12,14H2,1H3,(H2,21,27)(H2,22,24,25). The highest BCUT2D eigenvalue weighted by Crippen LogP contribution is 2.24. The van der Waals surface area contributed by atoms with Crippen molar-refractivity contribution in [1.82, 2.24) is 15.6 Å². The Kier molecular flexibility index (Phi) is 7.25. The Morgan fingerprint density at radius 1 is 1.32 bits per heavy atom. The number of nitrogens with one attached hydrogen (secondary N) is 2. The lowest BCUT2D eigenvalue weighted by Crippen LogP contribution is -2.40. The van der Waals surface area contributed by atoms with E-state index in [-0.39, 0.29) is 11.8 Å². The molecule has 0 atom stereocenters. The second-order valence-electron chi connectivity index (χ2n) is 6.83. The fourth-order valence-corrected chi connectivity index (χ4v) is 4.10. The first-order chi connectivity index (χ1) is 13.7. The van der Waals surface area contributed by atoms with E-state index in [1.807, 2.05) is 12.3 Å². The first-order valence-corrected chi connectivity index (χ1v) is 10.5. The number of hydrogen-bond donors (Lipinski definition) is 3. The third-order valence-corrected chi connectivity index (χ3v) is 5.91. The SMILES string of the molecule is CN=C(NCCc1cccs1)NCc1cccnc1N1CCC(C(N)=O)CC1. The normalized spacial score (nSPS) is 15.5. The molecule has 1 aliphatic heterocycles. The van der Waals surface area contributed by atoms with Gasteiger partial charge in [0.1, 0.15) is 5.82 Å². The van der Waals surface area contributed by atoms with E-state index in [0.29, 0.717) is 6.54 Å². The molecule has 0 aromatic carbocycles. The average molecular weight is 401 g/mol. The van der Waals surface area contributed by atoms with Crippen LogP contribution in [0.3, 0.4) is 0 Å². The summed E-state index contributed by atoms with van der Waals surface area (Å²) < 4.78 is 0. The Labute approximate surface area is 170 Å². The van der Waals surface area contributed by atoms with Crippen LogP contribution in [0.2, 0.25) is 0 Å². The summed E-state index contributed by atoms with van der Waals surface area (Å²) >= 11 is 1.77. The molecule has 0 aliphatic carbocycles. The molecule has 3 heterocycles. The summed E-state index contributed by atoms with van der Waals surface area (Å²) in [6, 6.07) is 8.24. The van der Waals surface area contributed by atoms with E-state index in [2.05, 4.69) is 49.1 Å². The smallest absolute Gasteiger partial charge is 0.220 e. The molecule has 1 fully saturated rings. The predicted octanol–water partition coefficient (Wildman–Crippen LogP) is 1.75. The van der Waals surface area contributed by atoms with Crippen molar-refractivity contribution in [2.75, 3.05) is 31.6 Å². The van der Waals surface area contributed by atoms with Crippen LogP contribution in [0.15, 0.2) is 40.8 Å². The molecule has 150 valence electrons. The van der Waals surface area contributed by atoms with Crippen LogP contribution in [0.5, 0.6) is 0 Å². The number of thiophene rings is 1. The van der Waals surface area contributed by atoms with Crippen molar-refractivity contribution >= 4 is 29.0 Å². The van der Waals surface area contributed by atoms with Crippen molar-refractivity contribution in [2.45, 2.75) is 25.8 Å². The largest absolute Gasteiger partial charge is 0.369 e. The van der Waals surface area contributed by atoms with Crippen LogP contribution in [-0.4, -0.2) is 43.5 Å². The molecule has 2 aromatic rings. The lowest BCUT2D eigenvalue weighted by atomic mass is 9.96. The summed E-state index contributed by atoms with van der Waals surface area (Å²) in [6.07, 6.45) is 4.36. The molecule has 0 spiro atoms. The van der Waals surface area contributed by atoms with Crippen molar-refractivity contribution < 1.29 is 4.79 Å².